The number of ether oxygens (including phenoxy) is 1. The molecule has 1 atom stereocenters. The first kappa shape index (κ1) is 34.9. The molecular weight excluding hydrogens is 535 g/mol. The molecule has 3 aromatic rings. The van der Waals surface area contributed by atoms with E-state index < -0.39 is 5.82 Å². The molecule has 0 spiro atoms. The number of amides is 1. The zero-order valence-corrected chi connectivity index (χ0v) is 25.0. The minimum Gasteiger partial charge on any atom is -0.504 e. The predicted octanol–water partition coefficient (Wildman–Crippen LogP) is 7.52. The minimum atomic E-state index is -0.575. The largest absolute Gasteiger partial charge is 0.504 e. The van der Waals surface area contributed by atoms with E-state index in [0.717, 1.165) is 25.2 Å². The van der Waals surface area contributed by atoms with Crippen LogP contribution in [0.3, 0.4) is 0 Å². The average molecular weight is 579 g/mol. The van der Waals surface area contributed by atoms with Crippen LogP contribution < -0.4 is 15.8 Å². The number of halogens is 2. The van der Waals surface area contributed by atoms with E-state index in [4.69, 9.17) is 21.4 Å². The molecule has 1 aromatic heterocycles. The number of anilines is 2. The molecule has 10 heteroatoms. The van der Waals surface area contributed by atoms with Gasteiger partial charge in [-0.2, -0.15) is 0 Å². The normalized spacial score (nSPS) is 13.4. The highest BCUT2D eigenvalue weighted by atomic mass is 35.5. The molecular formula is C30H44ClFN4O4. The van der Waals surface area contributed by atoms with Gasteiger partial charge < -0.3 is 26.0 Å². The zero-order chi connectivity index (χ0) is 30.1. The van der Waals surface area contributed by atoms with Crippen LogP contribution in [-0.2, 0) is 4.79 Å². The van der Waals surface area contributed by atoms with Crippen molar-refractivity contribution in [1.29, 1.82) is 0 Å². The van der Waals surface area contributed by atoms with Gasteiger partial charge in [0.1, 0.15) is 12.1 Å². The number of aromatic nitrogens is 2. The lowest BCUT2D eigenvalue weighted by molar-refractivity contribution is -0.115. The molecule has 0 saturated heterocycles. The van der Waals surface area contributed by atoms with Crippen LogP contribution >= 0.6 is 11.6 Å². The summed E-state index contributed by atoms with van der Waals surface area (Å²) in [7, 11) is 1.45. The Morgan fingerprint density at radius 1 is 1.23 bits per heavy atom. The quantitative estimate of drug-likeness (QED) is 0.238. The number of nitrogens with zero attached hydrogens (tertiary/aromatic N) is 2. The molecule has 1 saturated carbocycles. The van der Waals surface area contributed by atoms with Crippen LogP contribution in [0.1, 0.15) is 79.1 Å². The molecule has 0 radical (unpaired) electrons. The van der Waals surface area contributed by atoms with Crippen LogP contribution in [0, 0.1) is 11.7 Å². The van der Waals surface area contributed by atoms with E-state index in [9.17, 15) is 14.3 Å². The summed E-state index contributed by atoms with van der Waals surface area (Å²) < 4.78 is 19.0. The topological polar surface area (TPSA) is 131 Å². The van der Waals surface area contributed by atoms with Crippen molar-refractivity contribution in [1.82, 2.24) is 9.97 Å². The molecule has 5 N–H and O–H groups in total. The van der Waals surface area contributed by atoms with E-state index in [1.54, 1.807) is 18.2 Å². The Labute approximate surface area is 242 Å². The third kappa shape index (κ3) is 12.8. The summed E-state index contributed by atoms with van der Waals surface area (Å²) in [4.78, 5) is 17.4. The molecule has 0 bridgehead atoms. The highest BCUT2D eigenvalue weighted by molar-refractivity contribution is 6.31. The third-order valence-corrected chi connectivity index (χ3v) is 6.42. The molecule has 1 heterocycles. The first-order chi connectivity index (χ1) is 19.0. The lowest BCUT2D eigenvalue weighted by Gasteiger charge is -2.15. The number of hydrogen-bond donors (Lipinski definition) is 4. The van der Waals surface area contributed by atoms with Crippen molar-refractivity contribution in [2.75, 3.05) is 12.4 Å². The van der Waals surface area contributed by atoms with Crippen molar-refractivity contribution in [3.63, 3.8) is 0 Å². The summed E-state index contributed by atoms with van der Waals surface area (Å²) in [5, 5.41) is 22.1. The van der Waals surface area contributed by atoms with E-state index in [1.165, 1.54) is 64.6 Å². The Morgan fingerprint density at radius 3 is 2.38 bits per heavy atom. The highest BCUT2D eigenvalue weighted by Crippen LogP contribution is 2.34. The van der Waals surface area contributed by atoms with Gasteiger partial charge in [-0.3, -0.25) is 4.79 Å². The number of primary amides is 1. The Bertz CT molecular complexity index is 1170. The fourth-order valence-corrected chi connectivity index (χ4v) is 4.08. The van der Waals surface area contributed by atoms with E-state index >= 15 is 0 Å². The number of carbonyl (C=O) groups is 1. The van der Waals surface area contributed by atoms with Gasteiger partial charge in [0.2, 0.25) is 5.91 Å². The first-order valence-corrected chi connectivity index (χ1v) is 14.1. The minimum absolute atomic E-state index is 0.00729. The van der Waals surface area contributed by atoms with Crippen molar-refractivity contribution in [2.24, 2.45) is 11.7 Å². The Hall–Kier alpha value is -3.17. The number of nitrogens with two attached hydrogens (primary N) is 1. The number of benzene rings is 2. The molecule has 40 heavy (non-hydrogen) atoms. The van der Waals surface area contributed by atoms with Crippen LogP contribution in [0.15, 0.2) is 36.7 Å². The summed E-state index contributed by atoms with van der Waals surface area (Å²) in [6.45, 7) is 7.75. The predicted molar refractivity (Wildman–Crippen MR) is 161 cm³/mol. The van der Waals surface area contributed by atoms with Gasteiger partial charge in [-0.05, 0) is 37.0 Å². The number of carbonyl (C=O) groups excluding carboxylic acids is 1. The molecule has 4 rings (SSSR count). The first-order valence-electron chi connectivity index (χ1n) is 13.7. The third-order valence-electron chi connectivity index (χ3n) is 6.13. The van der Waals surface area contributed by atoms with Crippen LogP contribution in [-0.4, -0.2) is 39.3 Å². The van der Waals surface area contributed by atoms with Crippen LogP contribution in [0.2, 0.25) is 5.02 Å². The number of hydrogen-bond acceptors (Lipinski definition) is 7. The number of methoxy groups -OCH3 is 1. The maximum absolute atomic E-state index is 14.0. The van der Waals surface area contributed by atoms with Gasteiger partial charge >= 0.3 is 0 Å². The Morgan fingerprint density at radius 2 is 1.88 bits per heavy atom. The molecule has 1 amide bonds. The fraction of sp³-hybridized carbons (Fsp3) is 0.500. The molecule has 0 unspecified atom stereocenters. The van der Waals surface area contributed by atoms with E-state index in [2.05, 4.69) is 34.9 Å². The standard InChI is InChI=1S/C15H11ClFN3O2.C7H14.C6H14O.C2H5NO/c1-22-13-6-11-8(5-12(13)21)15(19-7-18-11)20-10-4-2-3-9(16)14(10)17;1-7-5-3-2-4-6-7;1-3-5-6(7)4-2;1-2(3)4/h2-7,21H,1H3,(H,18,19,20);7H,2-6H2,1H3;6-7H,3-5H2,1-2H3;1H3,(H2,3,4)/t;;6-;/m..0./s1. The van der Waals surface area contributed by atoms with Crippen LogP contribution in [0.25, 0.3) is 10.9 Å². The SMILES string of the molecule is CC(N)=O.CC1CCCCC1.CCC[C@@H](O)CC.COc1cc2ncnc(Nc3cccc(Cl)c3F)c2cc1O. The molecule has 2 aromatic carbocycles. The zero-order valence-electron chi connectivity index (χ0n) is 24.2. The van der Waals surface area contributed by atoms with E-state index in [0.29, 0.717) is 22.5 Å². The molecule has 222 valence electrons. The van der Waals surface area contributed by atoms with Crippen molar-refractivity contribution in [3.05, 3.63) is 47.5 Å². The summed E-state index contributed by atoms with van der Waals surface area (Å²) in [6, 6.07) is 7.65. The van der Waals surface area contributed by atoms with Gasteiger partial charge in [-0.25, -0.2) is 14.4 Å². The van der Waals surface area contributed by atoms with Crippen molar-refractivity contribution in [2.45, 2.75) is 85.2 Å². The van der Waals surface area contributed by atoms with Gasteiger partial charge in [0.25, 0.3) is 0 Å². The summed E-state index contributed by atoms with van der Waals surface area (Å²) in [5.41, 5.74) is 5.21. The molecule has 8 nitrogen and oxygen atoms in total. The second-order valence-electron chi connectivity index (χ2n) is 9.69. The molecule has 1 aliphatic rings. The summed E-state index contributed by atoms with van der Waals surface area (Å²) in [6.07, 6.45) is 11.7. The number of aliphatic hydroxyl groups is 1. The van der Waals surface area contributed by atoms with E-state index in [1.807, 2.05) is 6.92 Å². The monoisotopic (exact) mass is 578 g/mol. The van der Waals surface area contributed by atoms with Crippen molar-refractivity contribution in [3.8, 4) is 11.5 Å². The fourth-order valence-electron chi connectivity index (χ4n) is 3.91. The number of phenolic OH excluding ortho intramolecular Hbond substituents is 1. The molecule has 0 aliphatic heterocycles. The van der Waals surface area contributed by atoms with E-state index in [-0.39, 0.29) is 28.5 Å². The van der Waals surface area contributed by atoms with Crippen molar-refractivity contribution < 1.29 is 24.1 Å². The number of rotatable bonds is 6. The van der Waals surface area contributed by atoms with Gasteiger partial charge in [-0.1, -0.05) is 77.0 Å². The maximum atomic E-state index is 14.0. The number of aromatic hydroxyl groups is 1. The van der Waals surface area contributed by atoms with Gasteiger partial charge in [0.15, 0.2) is 17.3 Å². The maximum Gasteiger partial charge on any atom is 0.214 e. The lowest BCUT2D eigenvalue weighted by Crippen LogP contribution is -2.01. The van der Waals surface area contributed by atoms with Gasteiger partial charge in [0.05, 0.1) is 29.4 Å². The summed E-state index contributed by atoms with van der Waals surface area (Å²) >= 11 is 5.76. The van der Waals surface area contributed by atoms with Crippen LogP contribution in [0.4, 0.5) is 15.9 Å². The highest BCUT2D eigenvalue weighted by Gasteiger charge is 2.12. The number of aliphatic hydroxyl groups excluding tert-OH is 1. The number of phenols is 1. The second-order valence-corrected chi connectivity index (χ2v) is 10.1. The average Bonchev–Trinajstić information content (AvgIpc) is 2.92. The van der Waals surface area contributed by atoms with Crippen LogP contribution in [0.5, 0.6) is 11.5 Å². The Kier molecular flexibility index (Phi) is 16.6. The van der Waals surface area contributed by atoms with Crippen molar-refractivity contribution >= 4 is 39.9 Å². The number of nitrogens with one attached hydrogen (secondary N) is 1. The lowest BCUT2D eigenvalue weighted by atomic mass is 9.91. The number of fused-ring (bicyclic) bond motifs is 1. The van der Waals surface area contributed by atoms with Gasteiger partial charge in [-0.15, -0.1) is 0 Å². The summed E-state index contributed by atoms with van der Waals surface area (Å²) in [5.74, 6) is 0.719. The van der Waals surface area contributed by atoms with Gasteiger partial charge in [0, 0.05) is 18.4 Å². The molecule has 1 aliphatic carbocycles. The smallest absolute Gasteiger partial charge is 0.214 e. The Balaban J connectivity index is 0.000000362. The second kappa shape index (κ2) is 19.0. The molecule has 1 fully saturated rings.